The van der Waals surface area contributed by atoms with Crippen molar-refractivity contribution in [2.24, 2.45) is 0 Å². The van der Waals surface area contributed by atoms with Crippen LogP contribution < -0.4 is 0 Å². The predicted octanol–water partition coefficient (Wildman–Crippen LogP) is 5.65. The summed E-state index contributed by atoms with van der Waals surface area (Å²) in [5.41, 5.74) is -3.91. The first-order chi connectivity index (χ1) is 12.8. The molecule has 0 spiro atoms. The Kier molecular flexibility index (Phi) is 7.62. The van der Waals surface area contributed by atoms with Gasteiger partial charge in [0.15, 0.2) is 11.5 Å². The van der Waals surface area contributed by atoms with Crippen molar-refractivity contribution in [1.82, 2.24) is 4.90 Å². The summed E-state index contributed by atoms with van der Waals surface area (Å²) in [4.78, 5) is 25.7. The first kappa shape index (κ1) is 23.9. The maximum absolute atomic E-state index is 15.0. The molecule has 0 aliphatic carbocycles. The summed E-state index contributed by atoms with van der Waals surface area (Å²) in [5.74, 6) is -0.866. The van der Waals surface area contributed by atoms with Gasteiger partial charge in [-0.05, 0) is 32.9 Å². The molecule has 1 aliphatic heterocycles. The van der Waals surface area contributed by atoms with E-state index in [9.17, 15) is 22.8 Å². The van der Waals surface area contributed by atoms with Gasteiger partial charge in [-0.3, -0.25) is 4.79 Å². The number of hydrogen-bond acceptors (Lipinski definition) is 3. The largest absolute Gasteiger partial charge is 0.444 e. The van der Waals surface area contributed by atoms with Crippen LogP contribution >= 0.6 is 0 Å². The monoisotopic (exact) mass is 405 g/mol. The SMILES string of the molecule is CC.CC(C)(C)OC(=O)N1CCC(F)(C(=O)c2ccc(C(F)(F)F)cc2)CC1. The molecule has 0 N–H and O–H groups in total. The number of nitrogens with zero attached hydrogens (tertiary/aromatic N) is 1. The van der Waals surface area contributed by atoms with E-state index < -0.39 is 34.9 Å². The highest BCUT2D eigenvalue weighted by atomic mass is 19.4. The number of rotatable bonds is 2. The second-order valence-electron chi connectivity index (χ2n) is 7.34. The lowest BCUT2D eigenvalue weighted by Gasteiger charge is -2.36. The Morgan fingerprint density at radius 3 is 1.86 bits per heavy atom. The molecule has 4 nitrogen and oxygen atoms in total. The number of halogens is 4. The number of alkyl halides is 4. The van der Waals surface area contributed by atoms with Gasteiger partial charge in [0.1, 0.15) is 5.60 Å². The summed E-state index contributed by atoms with van der Waals surface area (Å²) < 4.78 is 58.0. The Balaban J connectivity index is 0.00000190. The minimum atomic E-state index is -4.52. The molecular weight excluding hydrogens is 378 g/mol. The Labute approximate surface area is 162 Å². The van der Waals surface area contributed by atoms with Gasteiger partial charge in [0.25, 0.3) is 0 Å². The zero-order chi connectivity index (χ0) is 21.8. The number of hydrogen-bond donors (Lipinski definition) is 0. The van der Waals surface area contributed by atoms with Crippen LogP contribution in [0.2, 0.25) is 0 Å². The van der Waals surface area contributed by atoms with Crippen molar-refractivity contribution in [3.63, 3.8) is 0 Å². The summed E-state index contributed by atoms with van der Waals surface area (Å²) >= 11 is 0. The number of likely N-dealkylation sites (tertiary alicyclic amines) is 1. The lowest BCUT2D eigenvalue weighted by molar-refractivity contribution is -0.137. The second kappa shape index (κ2) is 8.92. The fourth-order valence-corrected chi connectivity index (χ4v) is 2.67. The molecule has 1 fully saturated rings. The van der Waals surface area contributed by atoms with E-state index in [4.69, 9.17) is 4.74 Å². The number of Topliss-reactive ketones (excluding diaryl/α,β-unsaturated/α-hetero) is 1. The lowest BCUT2D eigenvalue weighted by Crippen LogP contribution is -2.49. The molecule has 1 aromatic rings. The molecule has 0 radical (unpaired) electrons. The van der Waals surface area contributed by atoms with Crippen molar-refractivity contribution in [3.05, 3.63) is 35.4 Å². The normalized spacial score (nSPS) is 16.7. The summed E-state index contributed by atoms with van der Waals surface area (Å²) in [7, 11) is 0. The standard InChI is InChI=1S/C18H21F4NO3.C2H6/c1-16(2,3)26-15(25)23-10-8-17(19,9-11-23)14(24)12-4-6-13(7-5-12)18(20,21)22;1-2/h4-7H,8-11H2,1-3H3;1-2H3. The molecule has 0 saturated carbocycles. The van der Waals surface area contributed by atoms with Crippen molar-refractivity contribution >= 4 is 11.9 Å². The molecule has 8 heteroatoms. The fraction of sp³-hybridized carbons (Fsp3) is 0.600. The maximum Gasteiger partial charge on any atom is 0.416 e. The van der Waals surface area contributed by atoms with Crippen molar-refractivity contribution in [1.29, 1.82) is 0 Å². The number of ether oxygens (including phenoxy) is 1. The number of carbonyl (C=O) groups excluding carboxylic acids is 2. The van der Waals surface area contributed by atoms with Gasteiger partial charge in [0, 0.05) is 31.5 Å². The molecule has 0 aromatic heterocycles. The lowest BCUT2D eigenvalue weighted by atomic mass is 9.85. The molecule has 1 aromatic carbocycles. The Bertz CT molecular complexity index is 670. The molecule has 1 amide bonds. The number of benzene rings is 1. The van der Waals surface area contributed by atoms with Crippen LogP contribution in [0.1, 0.15) is 63.4 Å². The van der Waals surface area contributed by atoms with Crippen molar-refractivity contribution in [2.45, 2.75) is 64.9 Å². The van der Waals surface area contributed by atoms with Gasteiger partial charge in [-0.1, -0.05) is 26.0 Å². The molecule has 1 heterocycles. The van der Waals surface area contributed by atoms with E-state index in [1.165, 1.54) is 4.90 Å². The van der Waals surface area contributed by atoms with Gasteiger partial charge in [-0.25, -0.2) is 9.18 Å². The Morgan fingerprint density at radius 1 is 1.00 bits per heavy atom. The van der Waals surface area contributed by atoms with Crippen LogP contribution in [0, 0.1) is 0 Å². The predicted molar refractivity (Wildman–Crippen MR) is 98.0 cm³/mol. The molecule has 1 saturated heterocycles. The zero-order valence-electron chi connectivity index (χ0n) is 16.8. The molecule has 1 aliphatic rings. The third kappa shape index (κ3) is 6.21. The van der Waals surface area contributed by atoms with E-state index in [2.05, 4.69) is 0 Å². The third-order valence-corrected chi connectivity index (χ3v) is 4.09. The van der Waals surface area contributed by atoms with Gasteiger partial charge < -0.3 is 9.64 Å². The molecule has 0 bridgehead atoms. The van der Waals surface area contributed by atoms with E-state index in [1.54, 1.807) is 20.8 Å². The van der Waals surface area contributed by atoms with Crippen LogP contribution in [-0.4, -0.2) is 41.1 Å². The van der Waals surface area contributed by atoms with Crippen LogP contribution in [0.25, 0.3) is 0 Å². The second-order valence-corrected chi connectivity index (χ2v) is 7.34. The zero-order valence-corrected chi connectivity index (χ0v) is 16.8. The number of amides is 1. The highest BCUT2D eigenvalue weighted by Gasteiger charge is 2.43. The number of ketones is 1. The van der Waals surface area contributed by atoms with Gasteiger partial charge >= 0.3 is 12.3 Å². The smallest absolute Gasteiger partial charge is 0.416 e. The van der Waals surface area contributed by atoms with Crippen LogP contribution in [0.4, 0.5) is 22.4 Å². The van der Waals surface area contributed by atoms with Crippen molar-refractivity contribution in [3.8, 4) is 0 Å². The minimum absolute atomic E-state index is 0.00219. The molecule has 28 heavy (non-hydrogen) atoms. The summed E-state index contributed by atoms with van der Waals surface area (Å²) in [6.07, 6.45) is -5.56. The first-order valence-corrected chi connectivity index (χ1v) is 9.21. The third-order valence-electron chi connectivity index (χ3n) is 4.09. The van der Waals surface area contributed by atoms with Gasteiger partial charge in [0.05, 0.1) is 5.56 Å². The number of piperidine rings is 1. The maximum atomic E-state index is 15.0. The number of carbonyl (C=O) groups is 2. The van der Waals surface area contributed by atoms with Gasteiger partial charge in [0.2, 0.25) is 0 Å². The average molecular weight is 405 g/mol. The fourth-order valence-electron chi connectivity index (χ4n) is 2.67. The Hall–Kier alpha value is -2.12. The molecule has 0 atom stereocenters. The van der Waals surface area contributed by atoms with Crippen LogP contribution in [0.3, 0.4) is 0 Å². The van der Waals surface area contributed by atoms with E-state index in [-0.39, 0.29) is 31.5 Å². The van der Waals surface area contributed by atoms with Gasteiger partial charge in [-0.15, -0.1) is 0 Å². The summed E-state index contributed by atoms with van der Waals surface area (Å²) in [6, 6.07) is 3.47. The highest BCUT2D eigenvalue weighted by Crippen LogP contribution is 2.33. The van der Waals surface area contributed by atoms with Crippen molar-refractivity contribution < 1.29 is 31.9 Å². The topological polar surface area (TPSA) is 46.6 Å². The van der Waals surface area contributed by atoms with E-state index in [0.717, 1.165) is 24.3 Å². The van der Waals surface area contributed by atoms with Crippen molar-refractivity contribution in [2.75, 3.05) is 13.1 Å². The first-order valence-electron chi connectivity index (χ1n) is 9.21. The average Bonchev–Trinajstić information content (AvgIpc) is 2.61. The quantitative estimate of drug-likeness (QED) is 0.472. The van der Waals surface area contributed by atoms with Crippen LogP contribution in [-0.2, 0) is 10.9 Å². The highest BCUT2D eigenvalue weighted by molar-refractivity contribution is 6.02. The van der Waals surface area contributed by atoms with E-state index >= 15 is 4.39 Å². The summed E-state index contributed by atoms with van der Waals surface area (Å²) in [6.45, 7) is 9.13. The van der Waals surface area contributed by atoms with E-state index in [1.807, 2.05) is 13.8 Å². The van der Waals surface area contributed by atoms with Crippen LogP contribution in [0.5, 0.6) is 0 Å². The molecule has 0 unspecified atom stereocenters. The molecular formula is C20H27F4NO3. The molecule has 2 rings (SSSR count). The summed E-state index contributed by atoms with van der Waals surface area (Å²) in [5, 5.41) is 0. The Morgan fingerprint density at radius 2 is 1.46 bits per heavy atom. The minimum Gasteiger partial charge on any atom is -0.444 e. The van der Waals surface area contributed by atoms with Crippen LogP contribution in [0.15, 0.2) is 24.3 Å². The van der Waals surface area contributed by atoms with Gasteiger partial charge in [-0.2, -0.15) is 13.2 Å². The van der Waals surface area contributed by atoms with E-state index in [0.29, 0.717) is 0 Å². The molecule has 158 valence electrons.